The van der Waals surface area contributed by atoms with Crippen LogP contribution in [0.5, 0.6) is 0 Å². The summed E-state index contributed by atoms with van der Waals surface area (Å²) < 4.78 is 10.3. The minimum atomic E-state index is -0.654. The monoisotopic (exact) mass is 287 g/mol. The molecule has 0 aromatic heterocycles. The second-order valence-corrected chi connectivity index (χ2v) is 6.02. The van der Waals surface area contributed by atoms with Gasteiger partial charge in [-0.2, -0.15) is 0 Å². The molecule has 0 radical (unpaired) electrons. The van der Waals surface area contributed by atoms with Crippen molar-refractivity contribution in [3.05, 3.63) is 0 Å². The zero-order valence-corrected chi connectivity index (χ0v) is 13.6. The molecule has 0 saturated carbocycles. The van der Waals surface area contributed by atoms with E-state index >= 15 is 0 Å². The molecule has 5 nitrogen and oxygen atoms in total. The van der Waals surface area contributed by atoms with Gasteiger partial charge in [0.25, 0.3) is 0 Å². The summed E-state index contributed by atoms with van der Waals surface area (Å²) in [5, 5.41) is 2.61. The van der Waals surface area contributed by atoms with Crippen molar-refractivity contribution in [2.45, 2.75) is 54.0 Å². The summed E-state index contributed by atoms with van der Waals surface area (Å²) in [4.78, 5) is 23.7. The average molecular weight is 287 g/mol. The van der Waals surface area contributed by atoms with Gasteiger partial charge in [0.05, 0.1) is 13.2 Å². The number of rotatable bonds is 8. The zero-order chi connectivity index (χ0) is 15.7. The second kappa shape index (κ2) is 9.61. The van der Waals surface area contributed by atoms with Crippen LogP contribution < -0.4 is 5.32 Å². The third kappa shape index (κ3) is 8.02. The Bertz CT molecular complexity index is 302. The van der Waals surface area contributed by atoms with Gasteiger partial charge in [-0.25, -0.2) is 9.59 Å². The molecular weight excluding hydrogens is 258 g/mol. The topological polar surface area (TPSA) is 64.6 Å². The van der Waals surface area contributed by atoms with Crippen molar-refractivity contribution < 1.29 is 19.1 Å². The van der Waals surface area contributed by atoms with Crippen LogP contribution >= 0.6 is 0 Å². The molecule has 0 aromatic rings. The van der Waals surface area contributed by atoms with Gasteiger partial charge in [-0.05, 0) is 17.8 Å². The van der Waals surface area contributed by atoms with E-state index in [1.807, 2.05) is 41.5 Å². The molecule has 0 aliphatic carbocycles. The number of hydrogen-bond acceptors (Lipinski definition) is 4. The molecule has 1 amide bonds. The predicted octanol–water partition coefficient (Wildman–Crippen LogP) is 2.98. The molecule has 0 rings (SSSR count). The molecule has 5 heteroatoms. The van der Waals surface area contributed by atoms with Crippen molar-refractivity contribution in [2.24, 2.45) is 17.8 Å². The molecule has 0 heterocycles. The van der Waals surface area contributed by atoms with E-state index < -0.39 is 18.1 Å². The summed E-state index contributed by atoms with van der Waals surface area (Å²) in [5.74, 6) is 0.135. The fourth-order valence-electron chi connectivity index (χ4n) is 1.42. The maximum Gasteiger partial charge on any atom is 0.407 e. The summed E-state index contributed by atoms with van der Waals surface area (Å²) in [7, 11) is 0. The molecule has 1 N–H and O–H groups in total. The average Bonchev–Trinajstić information content (AvgIpc) is 2.38. The number of carbonyl (C=O) groups excluding carboxylic acids is 2. The van der Waals surface area contributed by atoms with Crippen molar-refractivity contribution in [3.8, 4) is 0 Å². The van der Waals surface area contributed by atoms with E-state index in [1.165, 1.54) is 0 Å². The Morgan fingerprint density at radius 2 is 1.45 bits per heavy atom. The molecule has 2 atom stereocenters. The first kappa shape index (κ1) is 18.7. The summed E-state index contributed by atoms with van der Waals surface area (Å²) in [5.41, 5.74) is 0. The van der Waals surface area contributed by atoms with E-state index in [0.29, 0.717) is 13.2 Å². The van der Waals surface area contributed by atoms with Crippen molar-refractivity contribution in [2.75, 3.05) is 13.2 Å². The Balaban J connectivity index is 4.48. The van der Waals surface area contributed by atoms with E-state index in [2.05, 4.69) is 5.32 Å². The van der Waals surface area contributed by atoms with Crippen molar-refractivity contribution in [3.63, 3.8) is 0 Å². The lowest BCUT2D eigenvalue weighted by Gasteiger charge is -2.23. The van der Waals surface area contributed by atoms with E-state index in [1.54, 1.807) is 0 Å². The molecule has 0 aliphatic rings. The summed E-state index contributed by atoms with van der Waals surface area (Å²) in [6, 6.07) is -0.654. The number of esters is 1. The van der Waals surface area contributed by atoms with Gasteiger partial charge in [-0.3, -0.25) is 0 Å². The minimum Gasteiger partial charge on any atom is -0.464 e. The minimum absolute atomic E-state index is 0.00117. The van der Waals surface area contributed by atoms with Crippen molar-refractivity contribution in [1.29, 1.82) is 0 Å². The first-order valence-corrected chi connectivity index (χ1v) is 7.37. The smallest absolute Gasteiger partial charge is 0.407 e. The van der Waals surface area contributed by atoms with Gasteiger partial charge in [0, 0.05) is 0 Å². The SMILES string of the molecule is CCC(C)[C@H](NC(=O)OCC(C)C)C(=O)OCC(C)C. The van der Waals surface area contributed by atoms with E-state index in [0.717, 1.165) is 6.42 Å². The van der Waals surface area contributed by atoms with Crippen LogP contribution in [-0.2, 0) is 14.3 Å². The van der Waals surface area contributed by atoms with Crippen LogP contribution in [0.25, 0.3) is 0 Å². The highest BCUT2D eigenvalue weighted by Crippen LogP contribution is 2.10. The molecule has 0 aromatic carbocycles. The molecule has 0 bridgehead atoms. The molecule has 0 fully saturated rings. The molecule has 20 heavy (non-hydrogen) atoms. The van der Waals surface area contributed by atoms with Gasteiger partial charge in [0.1, 0.15) is 6.04 Å². The zero-order valence-electron chi connectivity index (χ0n) is 13.6. The molecule has 1 unspecified atom stereocenters. The predicted molar refractivity (Wildman–Crippen MR) is 78.4 cm³/mol. The second-order valence-electron chi connectivity index (χ2n) is 6.02. The quantitative estimate of drug-likeness (QED) is 0.697. The van der Waals surface area contributed by atoms with Crippen LogP contribution in [0.3, 0.4) is 0 Å². The van der Waals surface area contributed by atoms with E-state index in [9.17, 15) is 9.59 Å². The Morgan fingerprint density at radius 1 is 0.950 bits per heavy atom. The molecule has 0 aliphatic heterocycles. The maximum atomic E-state index is 12.0. The van der Waals surface area contributed by atoms with Crippen LogP contribution in [0, 0.1) is 17.8 Å². The Hall–Kier alpha value is -1.26. The highest BCUT2D eigenvalue weighted by Gasteiger charge is 2.28. The lowest BCUT2D eigenvalue weighted by atomic mass is 9.99. The van der Waals surface area contributed by atoms with Crippen LogP contribution in [0.4, 0.5) is 4.79 Å². The van der Waals surface area contributed by atoms with Gasteiger partial charge in [0.2, 0.25) is 0 Å². The molecule has 0 saturated heterocycles. The van der Waals surface area contributed by atoms with Gasteiger partial charge in [-0.15, -0.1) is 0 Å². The summed E-state index contributed by atoms with van der Waals surface area (Å²) in [6.07, 6.45) is 0.205. The summed E-state index contributed by atoms with van der Waals surface area (Å²) in [6.45, 7) is 12.4. The van der Waals surface area contributed by atoms with E-state index in [4.69, 9.17) is 9.47 Å². The molecule has 118 valence electrons. The number of nitrogens with one attached hydrogen (secondary N) is 1. The third-order valence-corrected chi connectivity index (χ3v) is 2.85. The number of hydrogen-bond donors (Lipinski definition) is 1. The third-order valence-electron chi connectivity index (χ3n) is 2.85. The standard InChI is InChI=1S/C15H29NO4/c1-7-12(6)13(14(17)19-8-10(2)3)16-15(18)20-9-11(4)5/h10-13H,7-9H2,1-6H3,(H,16,18)/t12?,13-/m0/s1. The number of ether oxygens (including phenoxy) is 2. The van der Waals surface area contributed by atoms with Crippen molar-refractivity contribution in [1.82, 2.24) is 5.32 Å². The lowest BCUT2D eigenvalue weighted by molar-refractivity contribution is -0.148. The van der Waals surface area contributed by atoms with Crippen LogP contribution in [0.1, 0.15) is 48.0 Å². The fourth-order valence-corrected chi connectivity index (χ4v) is 1.42. The first-order chi connectivity index (χ1) is 9.27. The largest absolute Gasteiger partial charge is 0.464 e. The van der Waals surface area contributed by atoms with Crippen LogP contribution in [0.15, 0.2) is 0 Å². The van der Waals surface area contributed by atoms with Gasteiger partial charge >= 0.3 is 12.1 Å². The van der Waals surface area contributed by atoms with Gasteiger partial charge in [0.15, 0.2) is 0 Å². The van der Waals surface area contributed by atoms with Gasteiger partial charge < -0.3 is 14.8 Å². The molecular formula is C15H29NO4. The number of carbonyl (C=O) groups is 2. The Labute approximate surface area is 122 Å². The number of amides is 1. The Morgan fingerprint density at radius 3 is 1.90 bits per heavy atom. The highest BCUT2D eigenvalue weighted by atomic mass is 16.6. The first-order valence-electron chi connectivity index (χ1n) is 7.37. The lowest BCUT2D eigenvalue weighted by Crippen LogP contribution is -2.46. The van der Waals surface area contributed by atoms with Crippen LogP contribution in [0.2, 0.25) is 0 Å². The highest BCUT2D eigenvalue weighted by molar-refractivity contribution is 5.81. The van der Waals surface area contributed by atoms with Crippen LogP contribution in [-0.4, -0.2) is 31.3 Å². The Kier molecular flexibility index (Phi) is 9.01. The molecule has 0 spiro atoms. The van der Waals surface area contributed by atoms with Crippen molar-refractivity contribution >= 4 is 12.1 Å². The van der Waals surface area contributed by atoms with Gasteiger partial charge in [-0.1, -0.05) is 48.0 Å². The maximum absolute atomic E-state index is 12.0. The number of alkyl carbamates (subject to hydrolysis) is 1. The van der Waals surface area contributed by atoms with E-state index in [-0.39, 0.29) is 17.8 Å². The summed E-state index contributed by atoms with van der Waals surface area (Å²) >= 11 is 0. The fraction of sp³-hybridized carbons (Fsp3) is 0.867. The normalized spacial score (nSPS) is 14.0.